The van der Waals surface area contributed by atoms with Gasteiger partial charge in [-0.05, 0) is 47.7 Å². The van der Waals surface area contributed by atoms with E-state index >= 15 is 0 Å². The molecule has 0 bridgehead atoms. The third-order valence-electron chi connectivity index (χ3n) is 4.55. The molecule has 1 N–H and O–H groups in total. The van der Waals surface area contributed by atoms with Crippen LogP contribution in [0.5, 0.6) is 11.5 Å². The van der Waals surface area contributed by atoms with Crippen LogP contribution in [0.4, 0.5) is 11.4 Å². The summed E-state index contributed by atoms with van der Waals surface area (Å²) < 4.78 is 7.48. The van der Waals surface area contributed by atoms with Gasteiger partial charge in [0.15, 0.2) is 0 Å². The van der Waals surface area contributed by atoms with E-state index in [4.69, 9.17) is 27.9 Å². The van der Waals surface area contributed by atoms with Crippen LogP contribution in [-0.4, -0.2) is 20.6 Å². The van der Waals surface area contributed by atoms with E-state index < -0.39 is 4.92 Å². The number of aromatic nitrogens is 2. The molecule has 0 atom stereocenters. The zero-order valence-corrected chi connectivity index (χ0v) is 19.4. The molecule has 0 spiro atoms. The van der Waals surface area contributed by atoms with Crippen molar-refractivity contribution in [3.8, 4) is 11.5 Å². The molecule has 2 aromatic carbocycles. The van der Waals surface area contributed by atoms with Gasteiger partial charge in [0.1, 0.15) is 11.5 Å². The number of carbonyl (C=O) groups is 1. The van der Waals surface area contributed by atoms with Gasteiger partial charge in [-0.15, -0.1) is 11.3 Å². The predicted molar refractivity (Wildman–Crippen MR) is 128 cm³/mol. The number of amides is 1. The lowest BCUT2D eigenvalue weighted by molar-refractivity contribution is -0.384. The second-order valence-electron chi connectivity index (χ2n) is 7.11. The fraction of sp³-hybridized carbons (Fsp3) is 0.0909. The van der Waals surface area contributed by atoms with Crippen molar-refractivity contribution in [2.45, 2.75) is 13.5 Å². The second-order valence-corrected chi connectivity index (χ2v) is 8.90. The number of hydrogen-bond donors (Lipinski definition) is 1. The van der Waals surface area contributed by atoms with E-state index in [-0.39, 0.29) is 23.0 Å². The molecule has 0 saturated carbocycles. The molecule has 33 heavy (non-hydrogen) atoms. The SMILES string of the molecule is Cc1cc(Cl)ccc1Oc1cc(NC(=O)c2cc(Cn3cc(Cl)cn3)cs2)cc([N+](=O)[O-])c1. The van der Waals surface area contributed by atoms with E-state index in [1.54, 1.807) is 35.1 Å². The zero-order valence-electron chi connectivity index (χ0n) is 17.1. The van der Waals surface area contributed by atoms with Gasteiger partial charge < -0.3 is 10.1 Å². The second kappa shape index (κ2) is 9.62. The van der Waals surface area contributed by atoms with E-state index in [0.717, 1.165) is 11.1 Å². The zero-order chi connectivity index (χ0) is 23.5. The normalized spacial score (nSPS) is 10.8. The van der Waals surface area contributed by atoms with Crippen LogP contribution < -0.4 is 10.1 Å². The van der Waals surface area contributed by atoms with Crippen LogP contribution in [0.2, 0.25) is 10.0 Å². The van der Waals surface area contributed by atoms with Gasteiger partial charge in [-0.1, -0.05) is 23.2 Å². The fourth-order valence-electron chi connectivity index (χ4n) is 3.06. The quantitative estimate of drug-likeness (QED) is 0.227. The van der Waals surface area contributed by atoms with Gasteiger partial charge in [-0.25, -0.2) is 0 Å². The molecule has 2 aromatic heterocycles. The van der Waals surface area contributed by atoms with Crippen molar-refractivity contribution >= 4 is 51.8 Å². The standard InChI is InChI=1S/C22H16Cl2N4O4S/c1-13-4-15(23)2-3-20(13)32-19-7-17(6-18(8-19)28(30)31)26-22(29)21-5-14(12-33-21)10-27-11-16(24)9-25-27/h2-9,11-12H,10H2,1H3,(H,26,29). The lowest BCUT2D eigenvalue weighted by Gasteiger charge is -2.11. The van der Waals surface area contributed by atoms with Crippen molar-refractivity contribution in [2.75, 3.05) is 5.32 Å². The Balaban J connectivity index is 1.53. The van der Waals surface area contributed by atoms with Crippen LogP contribution in [0.25, 0.3) is 0 Å². The number of nitro benzene ring substituents is 1. The van der Waals surface area contributed by atoms with Gasteiger partial charge in [-0.2, -0.15) is 5.10 Å². The first-order valence-corrected chi connectivity index (χ1v) is 11.2. The maximum absolute atomic E-state index is 12.8. The molecular weight excluding hydrogens is 487 g/mol. The highest BCUT2D eigenvalue weighted by atomic mass is 35.5. The summed E-state index contributed by atoms with van der Waals surface area (Å²) in [7, 11) is 0. The topological polar surface area (TPSA) is 99.3 Å². The largest absolute Gasteiger partial charge is 0.457 e. The average molecular weight is 503 g/mol. The van der Waals surface area contributed by atoms with Gasteiger partial charge in [0.2, 0.25) is 0 Å². The van der Waals surface area contributed by atoms with E-state index in [0.29, 0.717) is 27.2 Å². The van der Waals surface area contributed by atoms with E-state index in [2.05, 4.69) is 10.4 Å². The van der Waals surface area contributed by atoms with Crippen LogP contribution in [0.15, 0.2) is 60.2 Å². The molecule has 0 radical (unpaired) electrons. The number of carbonyl (C=O) groups excluding carboxylic acids is 1. The third kappa shape index (κ3) is 5.70. The Labute approximate surface area is 202 Å². The molecule has 0 aliphatic rings. The van der Waals surface area contributed by atoms with E-state index in [1.165, 1.54) is 35.7 Å². The summed E-state index contributed by atoms with van der Waals surface area (Å²) in [6.45, 7) is 2.28. The molecule has 4 rings (SSSR count). The van der Waals surface area contributed by atoms with Gasteiger partial charge in [0, 0.05) is 23.4 Å². The first-order chi connectivity index (χ1) is 15.8. The number of halogens is 2. The molecule has 0 aliphatic heterocycles. The lowest BCUT2D eigenvalue weighted by Crippen LogP contribution is -2.10. The van der Waals surface area contributed by atoms with E-state index in [9.17, 15) is 14.9 Å². The monoisotopic (exact) mass is 502 g/mol. The van der Waals surface area contributed by atoms with Crippen molar-refractivity contribution in [3.63, 3.8) is 0 Å². The Bertz CT molecular complexity index is 1350. The summed E-state index contributed by atoms with van der Waals surface area (Å²) in [5.74, 6) is 0.324. The van der Waals surface area contributed by atoms with Crippen LogP contribution >= 0.6 is 34.5 Å². The first kappa shape index (κ1) is 22.8. The number of hydrogen-bond acceptors (Lipinski definition) is 6. The van der Waals surface area contributed by atoms with E-state index in [1.807, 2.05) is 12.3 Å². The molecule has 4 aromatic rings. The first-order valence-electron chi connectivity index (χ1n) is 9.57. The maximum atomic E-state index is 12.8. The number of anilines is 1. The minimum absolute atomic E-state index is 0.211. The highest BCUT2D eigenvalue weighted by Gasteiger charge is 2.16. The average Bonchev–Trinajstić information content (AvgIpc) is 3.39. The number of nitrogens with one attached hydrogen (secondary N) is 1. The molecular formula is C22H16Cl2N4O4S. The summed E-state index contributed by atoms with van der Waals surface area (Å²) in [5, 5.41) is 21.2. The molecule has 1 amide bonds. The van der Waals surface area contributed by atoms with Crippen molar-refractivity contribution in [3.05, 3.63) is 96.4 Å². The Morgan fingerprint density at radius 1 is 1.21 bits per heavy atom. The van der Waals surface area contributed by atoms with Gasteiger partial charge >= 0.3 is 0 Å². The summed E-state index contributed by atoms with van der Waals surface area (Å²) in [5.41, 5.74) is 1.68. The molecule has 168 valence electrons. The number of rotatable bonds is 7. The highest BCUT2D eigenvalue weighted by molar-refractivity contribution is 7.12. The highest BCUT2D eigenvalue weighted by Crippen LogP contribution is 2.32. The summed E-state index contributed by atoms with van der Waals surface area (Å²) in [4.78, 5) is 24.1. The van der Waals surface area contributed by atoms with Crippen molar-refractivity contribution < 1.29 is 14.5 Å². The smallest absolute Gasteiger partial charge is 0.275 e. The predicted octanol–water partition coefficient (Wildman–Crippen LogP) is 6.56. The minimum Gasteiger partial charge on any atom is -0.457 e. The minimum atomic E-state index is -0.546. The number of nitrogens with zero attached hydrogens (tertiary/aromatic N) is 3. The van der Waals surface area contributed by atoms with Crippen LogP contribution in [0.3, 0.4) is 0 Å². The van der Waals surface area contributed by atoms with Crippen LogP contribution in [0.1, 0.15) is 20.8 Å². The molecule has 0 aliphatic carbocycles. The Kier molecular flexibility index (Phi) is 6.64. The van der Waals surface area contributed by atoms with Crippen molar-refractivity contribution in [2.24, 2.45) is 0 Å². The van der Waals surface area contributed by atoms with Crippen LogP contribution in [-0.2, 0) is 6.54 Å². The van der Waals surface area contributed by atoms with Crippen molar-refractivity contribution in [1.82, 2.24) is 9.78 Å². The maximum Gasteiger partial charge on any atom is 0.275 e. The van der Waals surface area contributed by atoms with Crippen LogP contribution in [0, 0.1) is 17.0 Å². The summed E-state index contributed by atoms with van der Waals surface area (Å²) in [6, 6.07) is 10.9. The van der Waals surface area contributed by atoms with Gasteiger partial charge in [0.05, 0.1) is 39.3 Å². The summed E-state index contributed by atoms with van der Waals surface area (Å²) >= 11 is 13.1. The fourth-order valence-corrected chi connectivity index (χ4v) is 4.24. The molecule has 0 saturated heterocycles. The van der Waals surface area contributed by atoms with Crippen molar-refractivity contribution in [1.29, 1.82) is 0 Å². The lowest BCUT2D eigenvalue weighted by atomic mass is 10.2. The molecule has 11 heteroatoms. The number of ether oxygens (including phenoxy) is 1. The number of non-ortho nitro benzene ring substituents is 1. The Hall–Kier alpha value is -3.40. The molecule has 2 heterocycles. The molecule has 0 fully saturated rings. The van der Waals surface area contributed by atoms with Gasteiger partial charge in [-0.3, -0.25) is 19.6 Å². The number of aryl methyl sites for hydroxylation is 1. The molecule has 0 unspecified atom stereocenters. The number of thiophene rings is 1. The molecule has 8 nitrogen and oxygen atoms in total. The third-order valence-corrected chi connectivity index (χ3v) is 5.96. The Morgan fingerprint density at radius 3 is 2.73 bits per heavy atom. The Morgan fingerprint density at radius 2 is 2.03 bits per heavy atom. The summed E-state index contributed by atoms with van der Waals surface area (Å²) in [6.07, 6.45) is 3.22. The number of benzene rings is 2. The van der Waals surface area contributed by atoms with Gasteiger partial charge in [0.25, 0.3) is 11.6 Å². The number of nitro groups is 1.